The van der Waals surface area contributed by atoms with E-state index in [1.54, 1.807) is 11.3 Å². The molecule has 20 heavy (non-hydrogen) atoms. The zero-order valence-corrected chi connectivity index (χ0v) is 13.5. The fourth-order valence-corrected chi connectivity index (χ4v) is 4.34. The topological polar surface area (TPSA) is 28.6 Å². The van der Waals surface area contributed by atoms with Crippen molar-refractivity contribution in [2.75, 3.05) is 44.3 Å². The third kappa shape index (κ3) is 2.35. The van der Waals surface area contributed by atoms with E-state index < -0.39 is 0 Å². The van der Waals surface area contributed by atoms with E-state index in [9.17, 15) is 0 Å². The highest BCUT2D eigenvalue weighted by Crippen LogP contribution is 2.33. The van der Waals surface area contributed by atoms with Crippen LogP contribution in [0.5, 0.6) is 0 Å². The van der Waals surface area contributed by atoms with E-state index in [0.717, 1.165) is 54.5 Å². The van der Waals surface area contributed by atoms with Gasteiger partial charge in [-0.05, 0) is 18.2 Å². The Hall–Kier alpha value is -0.690. The van der Waals surface area contributed by atoms with Crippen LogP contribution < -0.4 is 4.90 Å². The zero-order chi connectivity index (χ0) is 13.5. The average Bonchev–Trinajstić information content (AvgIpc) is 2.80. The van der Waals surface area contributed by atoms with Crippen molar-refractivity contribution in [1.29, 1.82) is 0 Å². The van der Waals surface area contributed by atoms with Crippen molar-refractivity contribution in [3.05, 3.63) is 22.7 Å². The molecule has 0 atom stereocenters. The van der Waals surface area contributed by atoms with Gasteiger partial charge < -0.3 is 9.64 Å². The molecule has 2 aromatic rings. The van der Waals surface area contributed by atoms with Crippen LogP contribution in [0.1, 0.15) is 0 Å². The van der Waals surface area contributed by atoms with Gasteiger partial charge in [0.1, 0.15) is 0 Å². The summed E-state index contributed by atoms with van der Waals surface area (Å²) >= 11 is 5.30. The number of nitrogens with zero attached hydrogens (tertiary/aromatic N) is 3. The minimum atomic E-state index is 0.678. The van der Waals surface area contributed by atoms with Crippen LogP contribution in [0, 0.1) is 0 Å². The molecule has 6 heteroatoms. The van der Waals surface area contributed by atoms with Crippen LogP contribution >= 0.6 is 27.3 Å². The molecular weight excluding hydrogens is 338 g/mol. The number of ether oxygens (including phenoxy) is 1. The molecule has 106 valence electrons. The van der Waals surface area contributed by atoms with Gasteiger partial charge in [-0.3, -0.25) is 4.90 Å². The lowest BCUT2D eigenvalue weighted by Gasteiger charge is -2.46. The molecule has 4 rings (SSSR count). The molecule has 2 aliphatic heterocycles. The van der Waals surface area contributed by atoms with E-state index in [2.05, 4.69) is 43.9 Å². The standard InChI is InChI=1S/C14H16BrN3OS/c15-10-1-2-12-13(7-10)20-14(16-12)18-8-11(9-18)17-3-5-19-6-4-17/h1-2,7,11H,3-6,8-9H2. The summed E-state index contributed by atoms with van der Waals surface area (Å²) < 4.78 is 7.79. The number of morpholine rings is 1. The van der Waals surface area contributed by atoms with E-state index in [0.29, 0.717) is 6.04 Å². The Labute approximate surface area is 130 Å². The maximum atomic E-state index is 5.41. The van der Waals surface area contributed by atoms with Crippen LogP contribution in [0.15, 0.2) is 22.7 Å². The molecule has 1 aromatic heterocycles. The molecule has 0 amide bonds. The highest BCUT2D eigenvalue weighted by atomic mass is 79.9. The zero-order valence-electron chi connectivity index (χ0n) is 11.1. The quantitative estimate of drug-likeness (QED) is 0.829. The Bertz CT molecular complexity index is 620. The van der Waals surface area contributed by atoms with Crippen molar-refractivity contribution < 1.29 is 4.74 Å². The SMILES string of the molecule is Brc1ccc2nc(N3CC(N4CCOCC4)C3)sc2c1. The first-order valence-electron chi connectivity index (χ1n) is 6.92. The largest absolute Gasteiger partial charge is 0.379 e. The molecule has 0 spiro atoms. The van der Waals surface area contributed by atoms with Crippen molar-refractivity contribution in [3.63, 3.8) is 0 Å². The van der Waals surface area contributed by atoms with Crippen LogP contribution in [0.25, 0.3) is 10.2 Å². The highest BCUT2D eigenvalue weighted by Gasteiger charge is 2.34. The maximum Gasteiger partial charge on any atom is 0.186 e. The first-order valence-corrected chi connectivity index (χ1v) is 8.53. The van der Waals surface area contributed by atoms with E-state index in [1.807, 2.05) is 0 Å². The molecule has 0 aliphatic carbocycles. The van der Waals surface area contributed by atoms with E-state index in [-0.39, 0.29) is 0 Å². The Kier molecular flexibility index (Phi) is 3.42. The molecule has 0 bridgehead atoms. The molecule has 4 nitrogen and oxygen atoms in total. The number of halogens is 1. The Morgan fingerprint density at radius 3 is 2.85 bits per heavy atom. The number of anilines is 1. The molecular formula is C14H16BrN3OS. The third-order valence-corrected chi connectivity index (χ3v) is 5.61. The predicted molar refractivity (Wildman–Crippen MR) is 85.7 cm³/mol. The van der Waals surface area contributed by atoms with Gasteiger partial charge >= 0.3 is 0 Å². The van der Waals surface area contributed by atoms with Crippen molar-refractivity contribution in [1.82, 2.24) is 9.88 Å². The number of rotatable bonds is 2. The first-order chi connectivity index (χ1) is 9.79. The Morgan fingerprint density at radius 1 is 1.25 bits per heavy atom. The minimum Gasteiger partial charge on any atom is -0.379 e. The van der Waals surface area contributed by atoms with E-state index >= 15 is 0 Å². The van der Waals surface area contributed by atoms with E-state index in [1.165, 1.54) is 4.70 Å². The smallest absolute Gasteiger partial charge is 0.186 e. The van der Waals surface area contributed by atoms with Gasteiger partial charge in [-0.25, -0.2) is 4.98 Å². The third-order valence-electron chi connectivity index (χ3n) is 4.03. The van der Waals surface area contributed by atoms with Gasteiger partial charge in [-0.2, -0.15) is 0 Å². The molecule has 0 radical (unpaired) electrons. The second-order valence-electron chi connectivity index (χ2n) is 5.32. The minimum absolute atomic E-state index is 0.678. The lowest BCUT2D eigenvalue weighted by atomic mass is 10.1. The van der Waals surface area contributed by atoms with Gasteiger partial charge in [-0.1, -0.05) is 27.3 Å². The molecule has 3 heterocycles. The summed E-state index contributed by atoms with van der Waals surface area (Å²) in [4.78, 5) is 9.67. The van der Waals surface area contributed by atoms with Gasteiger partial charge in [0.05, 0.1) is 23.4 Å². The van der Waals surface area contributed by atoms with Crippen molar-refractivity contribution in [3.8, 4) is 0 Å². The summed E-state index contributed by atoms with van der Waals surface area (Å²) in [6.45, 7) is 6.11. The normalized spacial score (nSPS) is 21.4. The number of thiazole rings is 1. The Balaban J connectivity index is 1.46. The van der Waals surface area contributed by atoms with Crippen LogP contribution in [0.4, 0.5) is 5.13 Å². The summed E-state index contributed by atoms with van der Waals surface area (Å²) in [5, 5.41) is 1.16. The molecule has 1 aromatic carbocycles. The Morgan fingerprint density at radius 2 is 2.05 bits per heavy atom. The van der Waals surface area contributed by atoms with Gasteiger partial charge in [0.25, 0.3) is 0 Å². The number of fused-ring (bicyclic) bond motifs is 1. The molecule has 2 saturated heterocycles. The van der Waals surface area contributed by atoms with Crippen LogP contribution in [-0.4, -0.2) is 55.3 Å². The van der Waals surface area contributed by atoms with Crippen molar-refractivity contribution >= 4 is 42.6 Å². The average molecular weight is 354 g/mol. The summed E-state index contributed by atoms with van der Waals surface area (Å²) in [6.07, 6.45) is 0. The van der Waals surface area contributed by atoms with Crippen LogP contribution in [-0.2, 0) is 4.74 Å². The van der Waals surface area contributed by atoms with Crippen molar-refractivity contribution in [2.45, 2.75) is 6.04 Å². The van der Waals surface area contributed by atoms with E-state index in [4.69, 9.17) is 9.72 Å². The number of hydrogen-bond donors (Lipinski definition) is 0. The fraction of sp³-hybridized carbons (Fsp3) is 0.500. The second kappa shape index (κ2) is 5.26. The highest BCUT2D eigenvalue weighted by molar-refractivity contribution is 9.10. The van der Waals surface area contributed by atoms with Crippen molar-refractivity contribution in [2.24, 2.45) is 0 Å². The first kappa shape index (κ1) is 13.0. The number of benzene rings is 1. The molecule has 2 fully saturated rings. The van der Waals surface area contributed by atoms with Gasteiger partial charge in [-0.15, -0.1) is 0 Å². The van der Waals surface area contributed by atoms with Crippen LogP contribution in [0.2, 0.25) is 0 Å². The number of aromatic nitrogens is 1. The second-order valence-corrected chi connectivity index (χ2v) is 7.24. The predicted octanol–water partition coefficient (Wildman–Crippen LogP) is 2.58. The lowest BCUT2D eigenvalue weighted by molar-refractivity contribution is 0.0105. The van der Waals surface area contributed by atoms with Crippen LogP contribution in [0.3, 0.4) is 0 Å². The summed E-state index contributed by atoms with van der Waals surface area (Å²) in [7, 11) is 0. The van der Waals surface area contributed by atoms with Gasteiger partial charge in [0, 0.05) is 36.7 Å². The lowest BCUT2D eigenvalue weighted by Crippen LogP contribution is -2.61. The summed E-state index contributed by atoms with van der Waals surface area (Å²) in [5.74, 6) is 0. The summed E-state index contributed by atoms with van der Waals surface area (Å²) in [6, 6.07) is 6.96. The number of hydrogen-bond acceptors (Lipinski definition) is 5. The molecule has 0 N–H and O–H groups in total. The molecule has 0 unspecified atom stereocenters. The molecule has 2 aliphatic rings. The molecule has 0 saturated carbocycles. The summed E-state index contributed by atoms with van der Waals surface area (Å²) in [5.41, 5.74) is 1.10. The fourth-order valence-electron chi connectivity index (χ4n) is 2.81. The maximum absolute atomic E-state index is 5.41. The van der Waals surface area contributed by atoms with Gasteiger partial charge in [0.2, 0.25) is 0 Å². The van der Waals surface area contributed by atoms with Gasteiger partial charge in [0.15, 0.2) is 5.13 Å². The monoisotopic (exact) mass is 353 g/mol.